The highest BCUT2D eigenvalue weighted by Gasteiger charge is 2.13. The van der Waals surface area contributed by atoms with E-state index in [-0.39, 0.29) is 17.1 Å². The molecule has 0 N–H and O–H groups in total. The van der Waals surface area contributed by atoms with Gasteiger partial charge in [-0.3, -0.25) is 4.79 Å². The van der Waals surface area contributed by atoms with Crippen LogP contribution in [0.4, 0.5) is 4.39 Å². The van der Waals surface area contributed by atoms with Crippen LogP contribution in [0.15, 0.2) is 29.8 Å². The molecule has 0 aliphatic heterocycles. The number of hydrogen-bond acceptors (Lipinski definition) is 2. The van der Waals surface area contributed by atoms with Crippen LogP contribution in [-0.4, -0.2) is 12.9 Å². The molecule has 0 aromatic heterocycles. The van der Waals surface area contributed by atoms with E-state index in [4.69, 9.17) is 4.74 Å². The summed E-state index contributed by atoms with van der Waals surface area (Å²) < 4.78 is 18.7. The van der Waals surface area contributed by atoms with Crippen LogP contribution in [0.25, 0.3) is 0 Å². The molecule has 1 rings (SSSR count). The van der Waals surface area contributed by atoms with Crippen LogP contribution in [0.1, 0.15) is 37.0 Å². The molecule has 0 fully saturated rings. The number of hydrogen-bond donors (Lipinski definition) is 0. The number of carbonyl (C=O) groups is 1. The van der Waals surface area contributed by atoms with Crippen molar-refractivity contribution in [2.75, 3.05) is 7.11 Å². The molecule has 2 nitrogen and oxygen atoms in total. The zero-order valence-electron chi connectivity index (χ0n) is 10.4. The van der Waals surface area contributed by atoms with Gasteiger partial charge in [0.2, 0.25) is 0 Å². The number of halogens is 1. The van der Waals surface area contributed by atoms with Crippen LogP contribution in [0.3, 0.4) is 0 Å². The Morgan fingerprint density at radius 3 is 2.53 bits per heavy atom. The summed E-state index contributed by atoms with van der Waals surface area (Å²) in [5, 5.41) is 0. The Bertz CT molecular complexity index is 430. The van der Waals surface area contributed by atoms with E-state index in [1.54, 1.807) is 6.07 Å². The molecule has 17 heavy (non-hydrogen) atoms. The van der Waals surface area contributed by atoms with Crippen molar-refractivity contribution in [3.05, 3.63) is 41.2 Å². The molecule has 1 aromatic rings. The molecule has 0 bridgehead atoms. The minimum atomic E-state index is -0.595. The summed E-state index contributed by atoms with van der Waals surface area (Å²) in [5.74, 6) is -0.804. The first-order valence-electron chi connectivity index (χ1n) is 5.70. The van der Waals surface area contributed by atoms with E-state index in [1.807, 2.05) is 13.8 Å². The number of allylic oxidation sites excluding steroid dienone is 2. The average Bonchev–Trinajstić information content (AvgIpc) is 2.35. The zero-order valence-corrected chi connectivity index (χ0v) is 10.4. The zero-order chi connectivity index (χ0) is 12.8. The third kappa shape index (κ3) is 3.16. The van der Waals surface area contributed by atoms with Crippen LogP contribution >= 0.6 is 0 Å². The van der Waals surface area contributed by atoms with Gasteiger partial charge < -0.3 is 4.74 Å². The summed E-state index contributed by atoms with van der Waals surface area (Å²) >= 11 is 0. The molecule has 0 aliphatic rings. The smallest absolute Gasteiger partial charge is 0.188 e. The maximum Gasteiger partial charge on any atom is 0.188 e. The van der Waals surface area contributed by atoms with E-state index in [0.717, 1.165) is 18.4 Å². The second-order valence-corrected chi connectivity index (χ2v) is 3.70. The largest absolute Gasteiger partial charge is 0.494 e. The second kappa shape index (κ2) is 6.18. The first-order chi connectivity index (χ1) is 8.13. The summed E-state index contributed by atoms with van der Waals surface area (Å²) in [4.78, 5) is 11.9. The predicted molar refractivity (Wildman–Crippen MR) is 65.9 cm³/mol. The first-order valence-corrected chi connectivity index (χ1v) is 5.70. The quantitative estimate of drug-likeness (QED) is 0.574. The van der Waals surface area contributed by atoms with E-state index in [0.29, 0.717) is 0 Å². The molecule has 0 saturated carbocycles. The third-order valence-corrected chi connectivity index (χ3v) is 2.69. The van der Waals surface area contributed by atoms with E-state index in [1.165, 1.54) is 25.3 Å². The molecule has 0 atom stereocenters. The molecule has 0 aliphatic carbocycles. The van der Waals surface area contributed by atoms with Gasteiger partial charge in [0.15, 0.2) is 17.3 Å². The van der Waals surface area contributed by atoms with Gasteiger partial charge in [-0.25, -0.2) is 4.39 Å². The lowest BCUT2D eigenvalue weighted by molar-refractivity contribution is 0.104. The van der Waals surface area contributed by atoms with Gasteiger partial charge in [0.1, 0.15) is 0 Å². The van der Waals surface area contributed by atoms with Gasteiger partial charge in [0.05, 0.1) is 12.7 Å². The molecule has 0 spiro atoms. The number of ketones is 1. The van der Waals surface area contributed by atoms with Crippen LogP contribution in [-0.2, 0) is 0 Å². The van der Waals surface area contributed by atoms with Gasteiger partial charge in [-0.15, -0.1) is 0 Å². The van der Waals surface area contributed by atoms with E-state index < -0.39 is 5.82 Å². The van der Waals surface area contributed by atoms with Crippen molar-refractivity contribution in [3.8, 4) is 5.75 Å². The fourth-order valence-corrected chi connectivity index (χ4v) is 1.58. The summed E-state index contributed by atoms with van der Waals surface area (Å²) in [6, 6.07) is 4.58. The first kappa shape index (κ1) is 13.4. The monoisotopic (exact) mass is 236 g/mol. The lowest BCUT2D eigenvalue weighted by Crippen LogP contribution is -2.02. The van der Waals surface area contributed by atoms with Gasteiger partial charge in [0.25, 0.3) is 0 Å². The molecule has 3 heteroatoms. The summed E-state index contributed by atoms with van der Waals surface area (Å²) in [7, 11) is 1.38. The Labute approximate surface area is 101 Å². The molecule has 0 heterocycles. The Morgan fingerprint density at radius 2 is 2.00 bits per heavy atom. The maximum absolute atomic E-state index is 13.8. The van der Waals surface area contributed by atoms with Crippen LogP contribution in [0.5, 0.6) is 5.75 Å². The number of benzene rings is 1. The molecular weight excluding hydrogens is 219 g/mol. The van der Waals surface area contributed by atoms with Crippen molar-refractivity contribution < 1.29 is 13.9 Å². The fourth-order valence-electron chi connectivity index (χ4n) is 1.58. The van der Waals surface area contributed by atoms with Crippen LogP contribution in [0.2, 0.25) is 0 Å². The summed E-state index contributed by atoms with van der Waals surface area (Å²) in [6.45, 7) is 3.95. The van der Waals surface area contributed by atoms with Crippen molar-refractivity contribution in [2.24, 2.45) is 0 Å². The highest BCUT2D eigenvalue weighted by molar-refractivity contribution is 6.05. The number of ether oxygens (including phenoxy) is 1. The number of carbonyl (C=O) groups excluding carboxylic acids is 1. The van der Waals surface area contributed by atoms with Crippen molar-refractivity contribution in [1.29, 1.82) is 0 Å². The lowest BCUT2D eigenvalue weighted by atomic mass is 10.0. The standard InChI is InChI=1S/C14H17FO2/c1-4-10(5-2)9-12(16)11-7-6-8-13(17-3)14(11)15/h6-9H,4-5H2,1-3H3. The molecule has 1 aromatic carbocycles. The number of rotatable bonds is 5. The highest BCUT2D eigenvalue weighted by atomic mass is 19.1. The molecular formula is C14H17FO2. The lowest BCUT2D eigenvalue weighted by Gasteiger charge is -2.05. The Kier molecular flexibility index (Phi) is 4.88. The molecule has 0 amide bonds. The topological polar surface area (TPSA) is 26.3 Å². The van der Waals surface area contributed by atoms with Crippen molar-refractivity contribution in [2.45, 2.75) is 26.7 Å². The van der Waals surface area contributed by atoms with Gasteiger partial charge in [-0.05, 0) is 31.1 Å². The van der Waals surface area contributed by atoms with Crippen molar-refractivity contribution >= 4 is 5.78 Å². The SMILES string of the molecule is CCC(=CC(=O)c1cccc(OC)c1F)CC. The van der Waals surface area contributed by atoms with Crippen LogP contribution in [0, 0.1) is 5.82 Å². The summed E-state index contributed by atoms with van der Waals surface area (Å²) in [6.07, 6.45) is 3.11. The number of methoxy groups -OCH3 is 1. The van der Waals surface area contributed by atoms with Gasteiger partial charge in [0, 0.05) is 0 Å². The highest BCUT2D eigenvalue weighted by Crippen LogP contribution is 2.21. The Hall–Kier alpha value is -1.64. The van der Waals surface area contributed by atoms with Gasteiger partial charge >= 0.3 is 0 Å². The van der Waals surface area contributed by atoms with Crippen molar-refractivity contribution in [1.82, 2.24) is 0 Å². The average molecular weight is 236 g/mol. The molecule has 0 unspecified atom stereocenters. The minimum absolute atomic E-state index is 0.0590. The van der Waals surface area contributed by atoms with Crippen LogP contribution < -0.4 is 4.74 Å². The molecule has 0 saturated heterocycles. The van der Waals surface area contributed by atoms with E-state index >= 15 is 0 Å². The fraction of sp³-hybridized carbons (Fsp3) is 0.357. The van der Waals surface area contributed by atoms with Gasteiger partial charge in [-0.1, -0.05) is 25.5 Å². The Morgan fingerprint density at radius 1 is 1.35 bits per heavy atom. The summed E-state index contributed by atoms with van der Waals surface area (Å²) in [5.41, 5.74) is 1.07. The normalized spacial score (nSPS) is 9.88. The second-order valence-electron chi connectivity index (χ2n) is 3.70. The van der Waals surface area contributed by atoms with Crippen molar-refractivity contribution in [3.63, 3.8) is 0 Å². The molecule has 92 valence electrons. The maximum atomic E-state index is 13.8. The van der Waals surface area contributed by atoms with E-state index in [9.17, 15) is 9.18 Å². The Balaban J connectivity index is 3.09. The minimum Gasteiger partial charge on any atom is -0.494 e. The molecule has 0 radical (unpaired) electrons. The van der Waals surface area contributed by atoms with Gasteiger partial charge in [-0.2, -0.15) is 0 Å². The third-order valence-electron chi connectivity index (χ3n) is 2.69. The predicted octanol–water partition coefficient (Wildman–Crippen LogP) is 3.76. The van der Waals surface area contributed by atoms with E-state index in [2.05, 4.69) is 0 Å².